The molecule has 2 heterocycles. The van der Waals surface area contributed by atoms with Gasteiger partial charge in [-0.3, -0.25) is 14.5 Å². The van der Waals surface area contributed by atoms with E-state index >= 15 is 0 Å². The third-order valence-electron chi connectivity index (χ3n) is 5.51. The number of hydrogen-bond donors (Lipinski definition) is 0. The first-order valence-corrected chi connectivity index (χ1v) is 11.5. The van der Waals surface area contributed by atoms with Crippen LogP contribution in [-0.2, 0) is 9.59 Å². The van der Waals surface area contributed by atoms with E-state index < -0.39 is 0 Å². The molecule has 0 saturated carbocycles. The van der Waals surface area contributed by atoms with Crippen LogP contribution in [0.2, 0.25) is 5.02 Å². The summed E-state index contributed by atoms with van der Waals surface area (Å²) >= 11 is 8.14. The maximum Gasteiger partial charge on any atom is 0.236 e. The van der Waals surface area contributed by atoms with Crippen LogP contribution < -0.4 is 0 Å². The second-order valence-corrected chi connectivity index (χ2v) is 9.46. The minimum atomic E-state index is -0.0186. The third-order valence-corrected chi connectivity index (χ3v) is 7.49. The first kappa shape index (κ1) is 21.5. The number of carbonyl (C=O) groups is 2. The molecule has 2 amide bonds. The molecule has 0 bridgehead atoms. The van der Waals surface area contributed by atoms with Crippen LogP contribution in [0.1, 0.15) is 38.1 Å². The Bertz CT molecular complexity index is 707. The number of benzene rings is 1. The highest BCUT2D eigenvalue weighted by Gasteiger charge is 2.40. The lowest BCUT2D eigenvalue weighted by Crippen LogP contribution is -2.51. The standard InChI is InChI=1S/C21H30ClN3O2S/c1-4-18-20(27)25(21(28-18)16-7-5-6-8-17(16)22)14-11-23-9-12-24(13-10-23)19(26)15(2)3/h5-8,15,18,21H,4,9-14H2,1-3H3/t18-,21+/m1/s1. The summed E-state index contributed by atoms with van der Waals surface area (Å²) in [4.78, 5) is 31.4. The minimum Gasteiger partial charge on any atom is -0.340 e. The average Bonchev–Trinajstić information content (AvgIpc) is 3.02. The number of nitrogens with zero attached hydrogens (tertiary/aromatic N) is 3. The van der Waals surface area contributed by atoms with Gasteiger partial charge in [0.2, 0.25) is 11.8 Å². The van der Waals surface area contributed by atoms with Crippen molar-refractivity contribution in [3.8, 4) is 0 Å². The normalized spacial score (nSPS) is 23.7. The van der Waals surface area contributed by atoms with E-state index in [1.165, 1.54) is 0 Å². The summed E-state index contributed by atoms with van der Waals surface area (Å²) in [5.41, 5.74) is 1.02. The number of carbonyl (C=O) groups excluding carboxylic acids is 2. The lowest BCUT2D eigenvalue weighted by Gasteiger charge is -2.36. The summed E-state index contributed by atoms with van der Waals surface area (Å²) in [7, 11) is 0. The van der Waals surface area contributed by atoms with Gasteiger partial charge in [-0.1, -0.05) is 50.6 Å². The Morgan fingerprint density at radius 2 is 1.86 bits per heavy atom. The molecule has 2 atom stereocenters. The molecule has 3 rings (SSSR count). The minimum absolute atomic E-state index is 0.00165. The largest absolute Gasteiger partial charge is 0.340 e. The Hall–Kier alpha value is -1.24. The Morgan fingerprint density at radius 3 is 2.46 bits per heavy atom. The van der Waals surface area contributed by atoms with Crippen LogP contribution in [0.4, 0.5) is 0 Å². The zero-order chi connectivity index (χ0) is 20.3. The van der Waals surface area contributed by atoms with Crippen molar-refractivity contribution in [1.82, 2.24) is 14.7 Å². The fourth-order valence-electron chi connectivity index (χ4n) is 3.81. The van der Waals surface area contributed by atoms with Gasteiger partial charge in [-0.15, -0.1) is 11.8 Å². The molecule has 28 heavy (non-hydrogen) atoms. The van der Waals surface area contributed by atoms with Gasteiger partial charge in [0.15, 0.2) is 0 Å². The van der Waals surface area contributed by atoms with Crippen molar-refractivity contribution >= 4 is 35.2 Å². The Kier molecular flexibility index (Phi) is 7.29. The maximum absolute atomic E-state index is 12.9. The summed E-state index contributed by atoms with van der Waals surface area (Å²) in [6.45, 7) is 10.7. The quantitative estimate of drug-likeness (QED) is 0.702. The van der Waals surface area contributed by atoms with Gasteiger partial charge < -0.3 is 9.80 Å². The fourth-order valence-corrected chi connectivity index (χ4v) is 5.58. The third kappa shape index (κ3) is 4.66. The molecule has 0 aliphatic carbocycles. The van der Waals surface area contributed by atoms with Gasteiger partial charge in [0.25, 0.3) is 0 Å². The van der Waals surface area contributed by atoms with Gasteiger partial charge in [0.05, 0.1) is 5.25 Å². The van der Waals surface area contributed by atoms with Crippen molar-refractivity contribution in [3.63, 3.8) is 0 Å². The van der Waals surface area contributed by atoms with Crippen molar-refractivity contribution in [3.05, 3.63) is 34.9 Å². The van der Waals surface area contributed by atoms with E-state index in [1.807, 2.05) is 47.9 Å². The topological polar surface area (TPSA) is 43.9 Å². The summed E-state index contributed by atoms with van der Waals surface area (Å²) in [5, 5.41) is 0.701. The van der Waals surface area contributed by atoms with E-state index in [4.69, 9.17) is 11.6 Å². The van der Waals surface area contributed by atoms with Crippen LogP contribution in [0.3, 0.4) is 0 Å². The lowest BCUT2D eigenvalue weighted by molar-refractivity contribution is -0.136. The van der Waals surface area contributed by atoms with Crippen LogP contribution in [-0.4, -0.2) is 71.0 Å². The van der Waals surface area contributed by atoms with Gasteiger partial charge in [-0.25, -0.2) is 0 Å². The van der Waals surface area contributed by atoms with Crippen molar-refractivity contribution in [2.24, 2.45) is 5.92 Å². The molecule has 1 aromatic carbocycles. The summed E-state index contributed by atoms with van der Waals surface area (Å²) in [6, 6.07) is 7.82. The lowest BCUT2D eigenvalue weighted by atomic mass is 10.1. The Morgan fingerprint density at radius 1 is 1.18 bits per heavy atom. The molecule has 0 unspecified atom stereocenters. The predicted octanol–water partition coefficient (Wildman–Crippen LogP) is 3.49. The maximum atomic E-state index is 12.9. The van der Waals surface area contributed by atoms with Crippen LogP contribution >= 0.6 is 23.4 Å². The van der Waals surface area contributed by atoms with Crippen LogP contribution in [0.25, 0.3) is 0 Å². The fraction of sp³-hybridized carbons (Fsp3) is 0.619. The molecule has 0 N–H and O–H groups in total. The van der Waals surface area contributed by atoms with Crippen molar-refractivity contribution in [1.29, 1.82) is 0 Å². The Balaban J connectivity index is 1.61. The molecular weight excluding hydrogens is 394 g/mol. The number of amides is 2. The molecular formula is C21H30ClN3O2S. The molecule has 1 aromatic rings. The van der Waals surface area contributed by atoms with Gasteiger partial charge in [-0.05, 0) is 12.5 Å². The molecule has 2 fully saturated rings. The Labute approximate surface area is 177 Å². The first-order chi connectivity index (χ1) is 13.4. The van der Waals surface area contributed by atoms with E-state index in [1.54, 1.807) is 11.8 Å². The second-order valence-electron chi connectivity index (χ2n) is 7.76. The number of rotatable bonds is 6. The second kappa shape index (κ2) is 9.51. The van der Waals surface area contributed by atoms with Crippen LogP contribution in [0.5, 0.6) is 0 Å². The summed E-state index contributed by atoms with van der Waals surface area (Å²) < 4.78 is 0. The van der Waals surface area contributed by atoms with Crippen molar-refractivity contribution in [2.45, 2.75) is 37.8 Å². The van der Waals surface area contributed by atoms with E-state index in [9.17, 15) is 9.59 Å². The number of halogens is 1. The highest BCUT2D eigenvalue weighted by atomic mass is 35.5. The van der Waals surface area contributed by atoms with Gasteiger partial charge in [-0.2, -0.15) is 0 Å². The van der Waals surface area contributed by atoms with E-state index in [-0.39, 0.29) is 28.4 Å². The van der Waals surface area contributed by atoms with E-state index in [2.05, 4.69) is 11.8 Å². The van der Waals surface area contributed by atoms with Gasteiger partial charge in [0.1, 0.15) is 5.37 Å². The molecule has 2 aliphatic heterocycles. The predicted molar refractivity (Wildman–Crippen MR) is 115 cm³/mol. The SMILES string of the molecule is CC[C@H]1S[C@@H](c2ccccc2Cl)N(CCN2CCN(C(=O)C(C)C)CC2)C1=O. The molecule has 2 aliphatic rings. The smallest absolute Gasteiger partial charge is 0.236 e. The number of piperazine rings is 1. The van der Waals surface area contributed by atoms with Crippen molar-refractivity contribution in [2.75, 3.05) is 39.3 Å². The zero-order valence-electron chi connectivity index (χ0n) is 16.9. The highest BCUT2D eigenvalue weighted by molar-refractivity contribution is 8.01. The van der Waals surface area contributed by atoms with Crippen LogP contribution in [0.15, 0.2) is 24.3 Å². The molecule has 0 spiro atoms. The van der Waals surface area contributed by atoms with Crippen molar-refractivity contribution < 1.29 is 9.59 Å². The molecule has 5 nitrogen and oxygen atoms in total. The van der Waals surface area contributed by atoms with E-state index in [0.29, 0.717) is 6.54 Å². The van der Waals surface area contributed by atoms with E-state index in [0.717, 1.165) is 49.7 Å². The molecule has 0 radical (unpaired) electrons. The van der Waals surface area contributed by atoms with Gasteiger partial charge >= 0.3 is 0 Å². The number of hydrogen-bond acceptors (Lipinski definition) is 4. The van der Waals surface area contributed by atoms with Gasteiger partial charge in [0, 0.05) is 55.8 Å². The average molecular weight is 424 g/mol. The highest BCUT2D eigenvalue weighted by Crippen LogP contribution is 2.45. The number of thioether (sulfide) groups is 1. The summed E-state index contributed by atoms with van der Waals surface area (Å²) in [5.74, 6) is 0.495. The monoisotopic (exact) mass is 423 g/mol. The summed E-state index contributed by atoms with van der Waals surface area (Å²) in [6.07, 6.45) is 0.830. The van der Waals surface area contributed by atoms with Crippen LogP contribution in [0, 0.1) is 5.92 Å². The molecule has 154 valence electrons. The zero-order valence-corrected chi connectivity index (χ0v) is 18.5. The molecule has 2 saturated heterocycles. The molecule has 0 aromatic heterocycles. The molecule has 7 heteroatoms. The first-order valence-electron chi connectivity index (χ1n) is 10.1.